The van der Waals surface area contributed by atoms with Crippen LogP contribution in [0.4, 0.5) is 5.82 Å². The van der Waals surface area contributed by atoms with Crippen molar-refractivity contribution >= 4 is 17.8 Å². The topological polar surface area (TPSA) is 152 Å². The molecular formula is C20H22N2O7. The summed E-state index contributed by atoms with van der Waals surface area (Å²) in [5.41, 5.74) is 3.83. The summed E-state index contributed by atoms with van der Waals surface area (Å²) in [6.45, 7) is 7.35. The van der Waals surface area contributed by atoms with Crippen molar-refractivity contribution in [1.82, 2.24) is 4.98 Å². The number of carboxylic acids is 2. The average molecular weight is 402 g/mol. The number of aromatic carboxylic acids is 2. The Labute approximate surface area is 166 Å². The number of allylic oxidation sites excluding steroid dienone is 1. The number of hydrogen-bond donors (Lipinski definition) is 4. The van der Waals surface area contributed by atoms with E-state index in [1.807, 2.05) is 13.8 Å². The molecule has 9 heteroatoms. The van der Waals surface area contributed by atoms with E-state index in [1.165, 1.54) is 19.2 Å². The molecule has 0 aliphatic carbocycles. The molecule has 29 heavy (non-hydrogen) atoms. The third-order valence-electron chi connectivity index (χ3n) is 4.03. The highest BCUT2D eigenvalue weighted by atomic mass is 16.5. The summed E-state index contributed by atoms with van der Waals surface area (Å²) in [7, 11) is 1.40. The molecule has 1 aromatic heterocycles. The first-order valence-electron chi connectivity index (χ1n) is 8.63. The third-order valence-corrected chi connectivity index (χ3v) is 4.03. The molecule has 0 radical (unpaired) electrons. The van der Waals surface area contributed by atoms with E-state index in [0.29, 0.717) is 17.7 Å². The van der Waals surface area contributed by atoms with Gasteiger partial charge in [0.25, 0.3) is 5.56 Å². The van der Waals surface area contributed by atoms with Gasteiger partial charge in [0.15, 0.2) is 11.5 Å². The van der Waals surface area contributed by atoms with Gasteiger partial charge in [-0.15, -0.1) is 6.58 Å². The second-order valence-electron chi connectivity index (χ2n) is 6.43. The predicted molar refractivity (Wildman–Crippen MR) is 107 cm³/mol. The summed E-state index contributed by atoms with van der Waals surface area (Å²) in [6.07, 6.45) is 1.75. The lowest BCUT2D eigenvalue weighted by atomic mass is 9.93. The minimum Gasteiger partial charge on any atom is -0.493 e. The number of methoxy groups -OCH3 is 1. The smallest absolute Gasteiger partial charge is 0.342 e. The van der Waals surface area contributed by atoms with Crippen LogP contribution < -0.4 is 20.8 Å². The lowest BCUT2D eigenvalue weighted by Gasteiger charge is -2.20. The molecule has 0 saturated heterocycles. The van der Waals surface area contributed by atoms with Gasteiger partial charge in [-0.25, -0.2) is 9.59 Å². The molecule has 0 fully saturated rings. The molecule has 2 rings (SSSR count). The van der Waals surface area contributed by atoms with E-state index >= 15 is 0 Å². The van der Waals surface area contributed by atoms with E-state index in [1.54, 1.807) is 6.08 Å². The molecule has 154 valence electrons. The standard InChI is InChI=1S/C20H22N2O7/c1-5-6-10-7-11(8-12(28-4)16(10)29-9(2)3)13-14(19(24)25)17(21)22-18(23)15(13)20(26)27/h5,7-9H,1,6H2,2-4H3,(H,24,25)(H,26,27)(H3,21,22,23). The van der Waals surface area contributed by atoms with Crippen LogP contribution in [0.1, 0.15) is 40.1 Å². The monoisotopic (exact) mass is 402 g/mol. The Balaban J connectivity index is 2.99. The molecule has 0 atom stereocenters. The van der Waals surface area contributed by atoms with Crippen LogP contribution in [0.3, 0.4) is 0 Å². The highest BCUT2D eigenvalue weighted by Gasteiger charge is 2.28. The van der Waals surface area contributed by atoms with E-state index in [-0.39, 0.29) is 23.0 Å². The highest BCUT2D eigenvalue weighted by Crippen LogP contribution is 2.40. The number of pyridine rings is 1. The molecule has 0 bridgehead atoms. The first kappa shape index (κ1) is 21.5. The van der Waals surface area contributed by atoms with Gasteiger partial charge in [-0.1, -0.05) is 6.08 Å². The number of rotatable bonds is 8. The number of carbonyl (C=O) groups is 2. The maximum absolute atomic E-state index is 12.2. The zero-order chi connectivity index (χ0) is 21.9. The number of nitrogens with one attached hydrogen (secondary N) is 1. The van der Waals surface area contributed by atoms with Crippen LogP contribution in [0.15, 0.2) is 29.6 Å². The van der Waals surface area contributed by atoms with Crippen LogP contribution in [0.25, 0.3) is 11.1 Å². The van der Waals surface area contributed by atoms with Crippen molar-refractivity contribution in [1.29, 1.82) is 0 Å². The summed E-state index contributed by atoms with van der Waals surface area (Å²) in [5.74, 6) is -2.86. The largest absolute Gasteiger partial charge is 0.493 e. The van der Waals surface area contributed by atoms with Gasteiger partial charge >= 0.3 is 11.9 Å². The number of aromatic nitrogens is 1. The summed E-state index contributed by atoms with van der Waals surface area (Å²) in [4.78, 5) is 37.9. The zero-order valence-corrected chi connectivity index (χ0v) is 16.2. The Bertz CT molecular complexity index is 1040. The SMILES string of the molecule is C=CCc1cc(-c2c(C(=O)O)c(N)[nH]c(=O)c2C(=O)O)cc(OC)c1OC(C)C. The fourth-order valence-electron chi connectivity index (χ4n) is 2.97. The molecular weight excluding hydrogens is 380 g/mol. The van der Waals surface area contributed by atoms with Crippen LogP contribution in [0.5, 0.6) is 11.5 Å². The minimum atomic E-state index is -1.59. The van der Waals surface area contributed by atoms with Gasteiger partial charge in [0, 0.05) is 11.1 Å². The van der Waals surface area contributed by atoms with E-state index in [2.05, 4.69) is 11.6 Å². The quantitative estimate of drug-likeness (QED) is 0.492. The van der Waals surface area contributed by atoms with E-state index < -0.39 is 34.4 Å². The number of hydrogen-bond acceptors (Lipinski definition) is 6. The average Bonchev–Trinajstić information content (AvgIpc) is 2.61. The second-order valence-corrected chi connectivity index (χ2v) is 6.43. The summed E-state index contributed by atoms with van der Waals surface area (Å²) in [5, 5.41) is 19.2. The molecule has 1 heterocycles. The predicted octanol–water partition coefficient (Wildman–Crippen LogP) is 2.54. The number of benzene rings is 1. The maximum Gasteiger partial charge on any atom is 0.342 e. The molecule has 0 spiro atoms. The molecule has 1 aromatic carbocycles. The molecule has 5 N–H and O–H groups in total. The molecule has 9 nitrogen and oxygen atoms in total. The fraction of sp³-hybridized carbons (Fsp3) is 0.250. The number of nitrogens with two attached hydrogens (primary N) is 1. The normalized spacial score (nSPS) is 10.6. The van der Waals surface area contributed by atoms with Crippen molar-refractivity contribution in [2.24, 2.45) is 0 Å². The maximum atomic E-state index is 12.2. The third kappa shape index (κ3) is 4.23. The zero-order valence-electron chi connectivity index (χ0n) is 16.2. The van der Waals surface area contributed by atoms with Crippen molar-refractivity contribution in [2.45, 2.75) is 26.4 Å². The number of anilines is 1. The molecule has 0 aliphatic rings. The summed E-state index contributed by atoms with van der Waals surface area (Å²) in [6, 6.07) is 2.95. The van der Waals surface area contributed by atoms with Crippen molar-refractivity contribution in [3.8, 4) is 22.6 Å². The minimum absolute atomic E-state index is 0.141. The molecule has 2 aromatic rings. The Kier molecular flexibility index (Phi) is 6.32. The van der Waals surface area contributed by atoms with Crippen LogP contribution in [-0.4, -0.2) is 40.3 Å². The van der Waals surface area contributed by atoms with Gasteiger partial charge in [0.2, 0.25) is 0 Å². The van der Waals surface area contributed by atoms with Crippen LogP contribution >= 0.6 is 0 Å². The molecule has 0 unspecified atom stereocenters. The number of ether oxygens (including phenoxy) is 2. The highest BCUT2D eigenvalue weighted by molar-refractivity contribution is 6.07. The number of aromatic amines is 1. The number of H-pyrrole nitrogens is 1. The van der Waals surface area contributed by atoms with E-state index in [4.69, 9.17) is 15.2 Å². The van der Waals surface area contributed by atoms with Crippen molar-refractivity contribution in [3.63, 3.8) is 0 Å². The van der Waals surface area contributed by atoms with Gasteiger partial charge in [-0.2, -0.15) is 0 Å². The van der Waals surface area contributed by atoms with Crippen LogP contribution in [0.2, 0.25) is 0 Å². The van der Waals surface area contributed by atoms with E-state index in [0.717, 1.165) is 0 Å². The van der Waals surface area contributed by atoms with Gasteiger partial charge in [-0.3, -0.25) is 4.79 Å². The second kappa shape index (κ2) is 8.51. The van der Waals surface area contributed by atoms with Crippen LogP contribution in [0, 0.1) is 0 Å². The van der Waals surface area contributed by atoms with Gasteiger partial charge in [-0.05, 0) is 38.0 Å². The Morgan fingerprint density at radius 1 is 1.24 bits per heavy atom. The molecule has 0 saturated carbocycles. The van der Waals surface area contributed by atoms with Crippen molar-refractivity contribution in [2.75, 3.05) is 12.8 Å². The number of carboxylic acid groups (broad SMARTS) is 2. The van der Waals surface area contributed by atoms with E-state index in [9.17, 15) is 24.6 Å². The van der Waals surface area contributed by atoms with Crippen LogP contribution in [-0.2, 0) is 6.42 Å². The lowest BCUT2D eigenvalue weighted by molar-refractivity contribution is 0.0695. The lowest BCUT2D eigenvalue weighted by Crippen LogP contribution is -2.24. The van der Waals surface area contributed by atoms with Crippen molar-refractivity contribution < 1.29 is 29.3 Å². The Hall–Kier alpha value is -3.75. The van der Waals surface area contributed by atoms with Gasteiger partial charge in [0.05, 0.1) is 13.2 Å². The molecule has 0 aliphatic heterocycles. The summed E-state index contributed by atoms with van der Waals surface area (Å²) >= 11 is 0. The number of nitrogen functional groups attached to an aromatic ring is 1. The van der Waals surface area contributed by atoms with Gasteiger partial charge in [0.1, 0.15) is 16.9 Å². The summed E-state index contributed by atoms with van der Waals surface area (Å²) < 4.78 is 11.2. The van der Waals surface area contributed by atoms with Crippen molar-refractivity contribution in [3.05, 3.63) is 51.8 Å². The fourth-order valence-corrected chi connectivity index (χ4v) is 2.97. The first-order chi connectivity index (χ1) is 13.6. The molecule has 0 amide bonds. The first-order valence-corrected chi connectivity index (χ1v) is 8.63. The van der Waals surface area contributed by atoms with Gasteiger partial charge < -0.3 is 30.4 Å². The Morgan fingerprint density at radius 2 is 1.86 bits per heavy atom. The Morgan fingerprint density at radius 3 is 2.34 bits per heavy atom.